The van der Waals surface area contributed by atoms with Crippen LogP contribution in [0.1, 0.15) is 18.9 Å². The van der Waals surface area contributed by atoms with Crippen LogP contribution in [0.3, 0.4) is 0 Å². The van der Waals surface area contributed by atoms with E-state index in [1.807, 2.05) is 0 Å². The molecule has 0 spiro atoms. The van der Waals surface area contributed by atoms with E-state index in [4.69, 9.17) is 16.7 Å². The number of nitrogens with one attached hydrogen (secondary N) is 1. The Morgan fingerprint density at radius 1 is 1.50 bits per heavy atom. The van der Waals surface area contributed by atoms with Gasteiger partial charge in [-0.05, 0) is 37.1 Å². The first-order valence-corrected chi connectivity index (χ1v) is 7.15. The van der Waals surface area contributed by atoms with Gasteiger partial charge in [0.2, 0.25) is 10.0 Å². The van der Waals surface area contributed by atoms with Crippen LogP contribution in [-0.4, -0.2) is 25.5 Å². The Morgan fingerprint density at radius 3 is 2.56 bits per heavy atom. The summed E-state index contributed by atoms with van der Waals surface area (Å²) in [4.78, 5) is 10.9. The van der Waals surface area contributed by atoms with E-state index in [0.29, 0.717) is 10.6 Å². The van der Waals surface area contributed by atoms with Crippen molar-refractivity contribution in [2.45, 2.75) is 31.2 Å². The molecule has 1 unspecified atom stereocenters. The lowest BCUT2D eigenvalue weighted by atomic mass is 10.2. The van der Waals surface area contributed by atoms with Crippen LogP contribution in [0.2, 0.25) is 5.02 Å². The lowest BCUT2D eigenvalue weighted by molar-refractivity contribution is -0.139. The van der Waals surface area contributed by atoms with Crippen LogP contribution in [0.4, 0.5) is 0 Å². The summed E-state index contributed by atoms with van der Waals surface area (Å²) in [5.41, 5.74) is 0.468. The van der Waals surface area contributed by atoms with Gasteiger partial charge in [0.25, 0.3) is 0 Å². The van der Waals surface area contributed by atoms with E-state index in [1.165, 1.54) is 18.2 Å². The number of carboxylic acid groups (broad SMARTS) is 1. The van der Waals surface area contributed by atoms with Crippen LogP contribution in [-0.2, 0) is 14.8 Å². The summed E-state index contributed by atoms with van der Waals surface area (Å²) in [7, 11) is -3.85. The molecule has 7 heteroatoms. The van der Waals surface area contributed by atoms with Crippen LogP contribution in [0.5, 0.6) is 0 Å². The van der Waals surface area contributed by atoms with E-state index in [2.05, 4.69) is 4.72 Å². The first-order valence-electron chi connectivity index (χ1n) is 5.29. The average molecular weight is 292 g/mol. The molecule has 1 rings (SSSR count). The molecule has 0 saturated carbocycles. The fourth-order valence-electron chi connectivity index (χ4n) is 1.47. The Kier molecular flexibility index (Phi) is 4.72. The van der Waals surface area contributed by atoms with Gasteiger partial charge in [-0.2, -0.15) is 4.72 Å². The molecule has 0 aliphatic heterocycles. The number of aliphatic carboxylic acids is 1. The second-order valence-corrected chi connectivity index (χ2v) is 5.95. The molecule has 2 N–H and O–H groups in total. The van der Waals surface area contributed by atoms with Gasteiger partial charge in [0.15, 0.2) is 0 Å². The third kappa shape index (κ3) is 3.44. The normalized spacial score (nSPS) is 13.3. The number of carboxylic acids is 1. The number of rotatable bonds is 5. The van der Waals surface area contributed by atoms with Crippen molar-refractivity contribution in [1.29, 1.82) is 0 Å². The van der Waals surface area contributed by atoms with Crippen molar-refractivity contribution >= 4 is 27.6 Å². The van der Waals surface area contributed by atoms with E-state index in [-0.39, 0.29) is 11.3 Å². The van der Waals surface area contributed by atoms with E-state index in [9.17, 15) is 13.2 Å². The van der Waals surface area contributed by atoms with Gasteiger partial charge in [-0.25, -0.2) is 8.42 Å². The fourth-order valence-corrected chi connectivity index (χ4v) is 3.20. The molecule has 0 amide bonds. The maximum Gasteiger partial charge on any atom is 0.321 e. The Balaban J connectivity index is 3.10. The highest BCUT2D eigenvalue weighted by Gasteiger charge is 2.24. The summed E-state index contributed by atoms with van der Waals surface area (Å²) in [6.07, 6.45) is 0.168. The lowest BCUT2D eigenvalue weighted by Crippen LogP contribution is -2.40. The first kappa shape index (κ1) is 14.9. The molecular weight excluding hydrogens is 278 g/mol. The molecule has 0 saturated heterocycles. The highest BCUT2D eigenvalue weighted by molar-refractivity contribution is 7.89. The Labute approximate surface area is 111 Å². The Bertz CT molecular complexity index is 556. The van der Waals surface area contributed by atoms with Gasteiger partial charge in [0, 0.05) is 5.02 Å². The predicted molar refractivity (Wildman–Crippen MR) is 68.2 cm³/mol. The summed E-state index contributed by atoms with van der Waals surface area (Å²) in [5.74, 6) is -1.20. The maximum absolute atomic E-state index is 12.0. The summed E-state index contributed by atoms with van der Waals surface area (Å²) < 4.78 is 26.2. The fraction of sp³-hybridized carbons (Fsp3) is 0.364. The van der Waals surface area contributed by atoms with Gasteiger partial charge < -0.3 is 5.11 Å². The number of benzene rings is 1. The zero-order chi connectivity index (χ0) is 13.9. The zero-order valence-corrected chi connectivity index (χ0v) is 11.5. The van der Waals surface area contributed by atoms with Crippen LogP contribution in [0.25, 0.3) is 0 Å². The second kappa shape index (κ2) is 5.69. The van der Waals surface area contributed by atoms with E-state index >= 15 is 0 Å². The number of hydrogen-bond acceptors (Lipinski definition) is 3. The Morgan fingerprint density at radius 2 is 2.11 bits per heavy atom. The quantitative estimate of drug-likeness (QED) is 0.866. The summed E-state index contributed by atoms with van der Waals surface area (Å²) >= 11 is 5.74. The number of carbonyl (C=O) groups is 1. The van der Waals surface area contributed by atoms with Crippen LogP contribution < -0.4 is 4.72 Å². The molecule has 1 aromatic rings. The van der Waals surface area contributed by atoms with Gasteiger partial charge in [-0.1, -0.05) is 18.5 Å². The van der Waals surface area contributed by atoms with Crippen LogP contribution in [0.15, 0.2) is 23.1 Å². The lowest BCUT2D eigenvalue weighted by Gasteiger charge is -2.14. The third-order valence-corrected chi connectivity index (χ3v) is 4.30. The molecular formula is C11H14ClNO4S. The topological polar surface area (TPSA) is 83.5 Å². The molecule has 0 aliphatic rings. The predicted octanol–water partition coefficient (Wildman–Crippen LogP) is 1.79. The molecule has 100 valence electrons. The smallest absolute Gasteiger partial charge is 0.321 e. The van der Waals surface area contributed by atoms with Gasteiger partial charge in [0.1, 0.15) is 6.04 Å². The highest BCUT2D eigenvalue weighted by atomic mass is 35.5. The standard InChI is InChI=1S/C11H14ClNO4S/c1-3-9(11(14)15)13-18(16,17)10-5-4-8(12)6-7(10)2/h4-6,9,13H,3H2,1-2H3,(H,14,15). The minimum Gasteiger partial charge on any atom is -0.480 e. The minimum atomic E-state index is -3.85. The Hall–Kier alpha value is -1.11. The molecule has 0 aliphatic carbocycles. The van der Waals surface area contributed by atoms with Crippen LogP contribution >= 0.6 is 11.6 Å². The molecule has 0 heterocycles. The number of halogens is 1. The maximum atomic E-state index is 12.0. The van der Waals surface area contributed by atoms with E-state index in [1.54, 1.807) is 13.8 Å². The number of aryl methyl sites for hydroxylation is 1. The van der Waals surface area contributed by atoms with Gasteiger partial charge in [0.05, 0.1) is 4.90 Å². The van der Waals surface area contributed by atoms with Gasteiger partial charge >= 0.3 is 5.97 Å². The second-order valence-electron chi connectivity index (χ2n) is 3.83. The van der Waals surface area contributed by atoms with Gasteiger partial charge in [-0.15, -0.1) is 0 Å². The molecule has 5 nitrogen and oxygen atoms in total. The van der Waals surface area contributed by atoms with E-state index in [0.717, 1.165) is 0 Å². The largest absolute Gasteiger partial charge is 0.480 e. The van der Waals surface area contributed by atoms with Gasteiger partial charge in [-0.3, -0.25) is 4.79 Å². The number of sulfonamides is 1. The molecule has 0 aromatic heterocycles. The molecule has 0 radical (unpaired) electrons. The van der Waals surface area contributed by atoms with E-state index < -0.39 is 22.0 Å². The average Bonchev–Trinajstić information content (AvgIpc) is 2.24. The third-order valence-electron chi connectivity index (χ3n) is 2.43. The monoisotopic (exact) mass is 291 g/mol. The highest BCUT2D eigenvalue weighted by Crippen LogP contribution is 2.19. The summed E-state index contributed by atoms with van der Waals surface area (Å²) in [6.45, 7) is 3.19. The molecule has 1 atom stereocenters. The summed E-state index contributed by atoms with van der Waals surface area (Å²) in [6, 6.07) is 3.18. The van der Waals surface area contributed by atoms with Crippen LogP contribution in [0, 0.1) is 6.92 Å². The minimum absolute atomic E-state index is 0.0339. The molecule has 0 fully saturated rings. The molecule has 0 bridgehead atoms. The van der Waals surface area contributed by atoms with Crippen molar-refractivity contribution in [2.75, 3.05) is 0 Å². The molecule has 18 heavy (non-hydrogen) atoms. The van der Waals surface area contributed by atoms with Crippen molar-refractivity contribution in [3.05, 3.63) is 28.8 Å². The first-order chi connectivity index (χ1) is 8.27. The zero-order valence-electron chi connectivity index (χ0n) is 9.97. The SMILES string of the molecule is CCC(NS(=O)(=O)c1ccc(Cl)cc1C)C(=O)O. The van der Waals surface area contributed by atoms with Crippen molar-refractivity contribution in [1.82, 2.24) is 4.72 Å². The van der Waals surface area contributed by atoms with Crippen molar-refractivity contribution in [3.63, 3.8) is 0 Å². The van der Waals surface area contributed by atoms with Crippen molar-refractivity contribution in [3.8, 4) is 0 Å². The number of hydrogen-bond donors (Lipinski definition) is 2. The van der Waals surface area contributed by atoms with Crippen molar-refractivity contribution in [2.24, 2.45) is 0 Å². The van der Waals surface area contributed by atoms with Crippen molar-refractivity contribution < 1.29 is 18.3 Å². The summed E-state index contributed by atoms with van der Waals surface area (Å²) in [5, 5.41) is 9.28. The molecule has 1 aromatic carbocycles.